The van der Waals surface area contributed by atoms with Crippen LogP contribution in [0.4, 0.5) is 5.69 Å². The second kappa shape index (κ2) is 7.97. The number of hydrogen-bond acceptors (Lipinski definition) is 7. The third kappa shape index (κ3) is 4.50. The number of benzene rings is 2. The molecule has 0 bridgehead atoms. The highest BCUT2D eigenvalue weighted by Crippen LogP contribution is 2.31. The molecule has 8 nitrogen and oxygen atoms in total. The predicted molar refractivity (Wildman–Crippen MR) is 110 cm³/mol. The fraction of sp³-hybridized carbons (Fsp3) is 0.263. The average Bonchev–Trinajstić information content (AvgIpc) is 2.90. The van der Waals surface area contributed by atoms with Crippen LogP contribution in [-0.2, 0) is 14.8 Å². The van der Waals surface area contributed by atoms with Gasteiger partial charge in [0.05, 0.1) is 39.9 Å². The summed E-state index contributed by atoms with van der Waals surface area (Å²) in [6.45, 7) is 2.49. The number of carbonyl (C=O) groups is 1. The van der Waals surface area contributed by atoms with Gasteiger partial charge in [-0.1, -0.05) is 0 Å². The Balaban J connectivity index is 1.41. The predicted octanol–water partition coefficient (Wildman–Crippen LogP) is 2.68. The van der Waals surface area contributed by atoms with E-state index in [1.54, 1.807) is 12.1 Å². The molecule has 1 amide bonds. The van der Waals surface area contributed by atoms with Crippen LogP contribution in [0.25, 0.3) is 10.2 Å². The maximum absolute atomic E-state index is 12.5. The maximum atomic E-state index is 12.5. The van der Waals surface area contributed by atoms with Crippen LogP contribution >= 0.6 is 11.3 Å². The number of amides is 1. The average molecular weight is 434 g/mol. The van der Waals surface area contributed by atoms with E-state index in [1.165, 1.54) is 23.5 Å². The van der Waals surface area contributed by atoms with Crippen LogP contribution in [0.5, 0.6) is 11.5 Å². The first-order chi connectivity index (χ1) is 13.9. The van der Waals surface area contributed by atoms with Gasteiger partial charge >= 0.3 is 0 Å². The lowest BCUT2D eigenvalue weighted by atomic mass is 10.3. The maximum Gasteiger partial charge on any atom is 0.241 e. The third-order valence-corrected chi connectivity index (χ3v) is 6.56. The summed E-state index contributed by atoms with van der Waals surface area (Å²) in [5.41, 5.74) is 1.45. The van der Waals surface area contributed by atoms with E-state index in [4.69, 9.17) is 9.47 Å². The number of aryl methyl sites for hydroxylation is 1. The standard InChI is InChI=1S/C19H19N3O5S2/c1-12-21-15-5-3-13(9-18(15)28-12)22-19(23)11-20-29(24,25)14-4-6-16-17(10-14)27-8-2-7-26-16/h3-6,9-10,20H,2,7-8,11H2,1H3,(H,22,23). The lowest BCUT2D eigenvalue weighted by Crippen LogP contribution is -2.32. The van der Waals surface area contributed by atoms with Crippen molar-refractivity contribution in [2.45, 2.75) is 18.2 Å². The zero-order valence-corrected chi connectivity index (χ0v) is 17.2. The number of carbonyl (C=O) groups excluding carboxylic acids is 1. The molecule has 152 valence electrons. The van der Waals surface area contributed by atoms with E-state index < -0.39 is 22.5 Å². The quantitative estimate of drug-likeness (QED) is 0.641. The summed E-state index contributed by atoms with van der Waals surface area (Å²) in [7, 11) is -3.88. The molecule has 2 aromatic carbocycles. The fourth-order valence-corrected chi connectivity index (χ4v) is 4.74. The number of sulfonamides is 1. The molecule has 1 aromatic heterocycles. The van der Waals surface area contributed by atoms with Gasteiger partial charge in [0.15, 0.2) is 11.5 Å². The third-order valence-electron chi connectivity index (χ3n) is 4.23. The smallest absolute Gasteiger partial charge is 0.241 e. The van der Waals surface area contributed by atoms with Crippen LogP contribution in [0, 0.1) is 6.92 Å². The van der Waals surface area contributed by atoms with E-state index in [9.17, 15) is 13.2 Å². The molecule has 0 saturated heterocycles. The highest BCUT2D eigenvalue weighted by atomic mass is 32.2. The molecular formula is C19H19N3O5S2. The van der Waals surface area contributed by atoms with Gasteiger partial charge in [-0.15, -0.1) is 11.3 Å². The summed E-state index contributed by atoms with van der Waals surface area (Å²) in [6.07, 6.45) is 0.724. The Hall–Kier alpha value is -2.69. The normalized spacial score (nSPS) is 13.8. The topological polar surface area (TPSA) is 107 Å². The van der Waals surface area contributed by atoms with Crippen molar-refractivity contribution in [2.75, 3.05) is 25.1 Å². The van der Waals surface area contributed by atoms with Crippen LogP contribution < -0.4 is 19.5 Å². The van der Waals surface area contributed by atoms with Crippen molar-refractivity contribution in [1.29, 1.82) is 0 Å². The Bertz CT molecular complexity index is 1170. The van der Waals surface area contributed by atoms with E-state index in [0.717, 1.165) is 21.6 Å². The Labute approximate surface area is 171 Å². The van der Waals surface area contributed by atoms with Gasteiger partial charge in [-0.05, 0) is 37.3 Å². The van der Waals surface area contributed by atoms with Gasteiger partial charge in [0, 0.05) is 18.2 Å². The van der Waals surface area contributed by atoms with E-state index in [-0.39, 0.29) is 4.90 Å². The Kier molecular flexibility index (Phi) is 5.39. The molecule has 29 heavy (non-hydrogen) atoms. The van der Waals surface area contributed by atoms with Crippen molar-refractivity contribution >= 4 is 43.2 Å². The Morgan fingerprint density at radius 3 is 2.76 bits per heavy atom. The van der Waals surface area contributed by atoms with Crippen molar-refractivity contribution in [1.82, 2.24) is 9.71 Å². The first-order valence-electron chi connectivity index (χ1n) is 8.97. The molecule has 0 saturated carbocycles. The van der Waals surface area contributed by atoms with Gasteiger partial charge in [0.25, 0.3) is 0 Å². The van der Waals surface area contributed by atoms with Crippen molar-refractivity contribution in [3.63, 3.8) is 0 Å². The Morgan fingerprint density at radius 1 is 1.14 bits per heavy atom. The summed E-state index contributed by atoms with van der Waals surface area (Å²) in [4.78, 5) is 16.6. The van der Waals surface area contributed by atoms with Crippen LogP contribution in [0.2, 0.25) is 0 Å². The largest absolute Gasteiger partial charge is 0.490 e. The summed E-state index contributed by atoms with van der Waals surface area (Å²) in [5, 5.41) is 3.63. The molecule has 2 N–H and O–H groups in total. The van der Waals surface area contributed by atoms with E-state index in [0.29, 0.717) is 30.4 Å². The molecule has 0 aliphatic carbocycles. The second-order valence-electron chi connectivity index (χ2n) is 6.45. The lowest BCUT2D eigenvalue weighted by Gasteiger charge is -2.11. The summed E-state index contributed by atoms with van der Waals surface area (Å²) < 4.78 is 39.4. The molecule has 3 aromatic rings. The van der Waals surface area contributed by atoms with Gasteiger partial charge in [0.1, 0.15) is 0 Å². The second-order valence-corrected chi connectivity index (χ2v) is 9.45. The molecule has 1 aliphatic heterocycles. The summed E-state index contributed by atoms with van der Waals surface area (Å²) in [6, 6.07) is 9.75. The number of thiazole rings is 1. The molecule has 0 spiro atoms. The number of nitrogens with one attached hydrogen (secondary N) is 2. The molecule has 2 heterocycles. The minimum Gasteiger partial charge on any atom is -0.490 e. The van der Waals surface area contributed by atoms with Crippen LogP contribution in [0.3, 0.4) is 0 Å². The van der Waals surface area contributed by atoms with Crippen molar-refractivity contribution in [3.05, 3.63) is 41.4 Å². The van der Waals surface area contributed by atoms with Gasteiger partial charge in [-0.25, -0.2) is 18.1 Å². The molecular weight excluding hydrogens is 414 g/mol. The molecule has 1 aliphatic rings. The number of hydrogen-bond donors (Lipinski definition) is 2. The minimum absolute atomic E-state index is 0.0103. The SMILES string of the molecule is Cc1nc2ccc(NC(=O)CNS(=O)(=O)c3ccc4c(c3)OCCCO4)cc2s1. The van der Waals surface area contributed by atoms with E-state index >= 15 is 0 Å². The molecule has 4 rings (SSSR count). The number of aromatic nitrogens is 1. The van der Waals surface area contributed by atoms with Gasteiger partial charge in [-0.3, -0.25) is 4.79 Å². The number of nitrogens with zero attached hydrogens (tertiary/aromatic N) is 1. The molecule has 0 atom stereocenters. The monoisotopic (exact) mass is 433 g/mol. The zero-order chi connectivity index (χ0) is 20.4. The summed E-state index contributed by atoms with van der Waals surface area (Å²) >= 11 is 1.52. The number of ether oxygens (including phenoxy) is 2. The van der Waals surface area contributed by atoms with Crippen molar-refractivity contribution in [3.8, 4) is 11.5 Å². The molecule has 0 radical (unpaired) electrons. The van der Waals surface area contributed by atoms with Crippen LogP contribution in [0.1, 0.15) is 11.4 Å². The number of anilines is 1. The van der Waals surface area contributed by atoms with Crippen molar-refractivity contribution in [2.24, 2.45) is 0 Å². The van der Waals surface area contributed by atoms with Crippen LogP contribution in [0.15, 0.2) is 41.3 Å². The van der Waals surface area contributed by atoms with Gasteiger partial charge < -0.3 is 14.8 Å². The Morgan fingerprint density at radius 2 is 1.93 bits per heavy atom. The van der Waals surface area contributed by atoms with Crippen LogP contribution in [-0.4, -0.2) is 39.1 Å². The highest BCUT2D eigenvalue weighted by Gasteiger charge is 2.19. The zero-order valence-electron chi connectivity index (χ0n) is 15.6. The highest BCUT2D eigenvalue weighted by molar-refractivity contribution is 7.89. The summed E-state index contributed by atoms with van der Waals surface area (Å²) in [5.74, 6) is 0.416. The number of rotatable bonds is 5. The molecule has 0 unspecified atom stereocenters. The first-order valence-corrected chi connectivity index (χ1v) is 11.3. The van der Waals surface area contributed by atoms with E-state index in [2.05, 4.69) is 15.0 Å². The fourth-order valence-electron chi connectivity index (χ4n) is 2.88. The lowest BCUT2D eigenvalue weighted by molar-refractivity contribution is -0.115. The van der Waals surface area contributed by atoms with E-state index in [1.807, 2.05) is 19.1 Å². The van der Waals surface area contributed by atoms with Gasteiger partial charge in [-0.2, -0.15) is 0 Å². The first kappa shape index (κ1) is 19.6. The molecule has 10 heteroatoms. The van der Waals surface area contributed by atoms with Gasteiger partial charge in [0.2, 0.25) is 15.9 Å². The number of fused-ring (bicyclic) bond motifs is 2. The molecule has 0 fully saturated rings. The minimum atomic E-state index is -3.88. The van der Waals surface area contributed by atoms with Crippen molar-refractivity contribution < 1.29 is 22.7 Å².